The van der Waals surface area contributed by atoms with Crippen molar-refractivity contribution in [1.29, 1.82) is 0 Å². The molecule has 0 aliphatic rings. The van der Waals surface area contributed by atoms with E-state index in [0.29, 0.717) is 0 Å². The lowest BCUT2D eigenvalue weighted by atomic mass is 10.2. The molecular formula is C7H9NS2. The minimum absolute atomic E-state index is 0.744. The van der Waals surface area contributed by atoms with Gasteiger partial charge in [-0.05, 0) is 31.0 Å². The number of rotatable bonds is 0. The summed E-state index contributed by atoms with van der Waals surface area (Å²) in [5.74, 6) is 0. The van der Waals surface area contributed by atoms with Crippen LogP contribution in [0.1, 0.15) is 11.1 Å². The van der Waals surface area contributed by atoms with Crippen molar-refractivity contribution >= 4 is 24.8 Å². The monoisotopic (exact) mass is 171 g/mol. The maximum absolute atomic E-state index is 4.94. The first kappa shape index (κ1) is 7.82. The molecule has 0 amide bonds. The van der Waals surface area contributed by atoms with E-state index in [2.05, 4.69) is 17.6 Å². The van der Waals surface area contributed by atoms with Gasteiger partial charge in [-0.25, -0.2) is 0 Å². The van der Waals surface area contributed by atoms with Crippen molar-refractivity contribution in [3.8, 4) is 0 Å². The first-order chi connectivity index (χ1) is 4.61. The predicted octanol–water partition coefficient (Wildman–Crippen LogP) is 2.65. The number of H-pyrrole nitrogens is 1. The van der Waals surface area contributed by atoms with E-state index in [9.17, 15) is 0 Å². The van der Waals surface area contributed by atoms with Gasteiger partial charge in [0.2, 0.25) is 0 Å². The van der Waals surface area contributed by atoms with Crippen LogP contribution in [0, 0.1) is 18.5 Å². The van der Waals surface area contributed by atoms with Crippen LogP contribution in [0.25, 0.3) is 0 Å². The van der Waals surface area contributed by atoms with Crippen LogP contribution < -0.4 is 0 Å². The predicted molar refractivity (Wildman–Crippen MR) is 48.4 cm³/mol. The fourth-order valence-electron chi connectivity index (χ4n) is 0.738. The third-order valence-electron chi connectivity index (χ3n) is 1.54. The lowest BCUT2D eigenvalue weighted by Crippen LogP contribution is -1.86. The van der Waals surface area contributed by atoms with Crippen molar-refractivity contribution in [2.45, 2.75) is 18.9 Å². The Balaban J connectivity index is 3.46. The van der Waals surface area contributed by atoms with E-state index in [-0.39, 0.29) is 0 Å². The first-order valence-corrected chi connectivity index (χ1v) is 3.86. The SMILES string of the molecule is Cc1cc(=S)[nH]c(S)c1C. The molecule has 1 heterocycles. The lowest BCUT2D eigenvalue weighted by Gasteiger charge is -2.01. The molecule has 1 N–H and O–H groups in total. The van der Waals surface area contributed by atoms with Gasteiger partial charge in [0.05, 0.1) is 5.03 Å². The van der Waals surface area contributed by atoms with E-state index in [1.54, 1.807) is 0 Å². The highest BCUT2D eigenvalue weighted by molar-refractivity contribution is 7.80. The molecule has 0 unspecified atom stereocenters. The molecule has 10 heavy (non-hydrogen) atoms. The van der Waals surface area contributed by atoms with Crippen LogP contribution in [0.5, 0.6) is 0 Å². The van der Waals surface area contributed by atoms with Gasteiger partial charge in [-0.2, -0.15) is 0 Å². The number of nitrogens with one attached hydrogen (secondary N) is 1. The Kier molecular flexibility index (Phi) is 2.16. The highest BCUT2D eigenvalue weighted by atomic mass is 32.1. The molecule has 1 nitrogen and oxygen atoms in total. The van der Waals surface area contributed by atoms with Crippen LogP contribution in [-0.4, -0.2) is 4.98 Å². The number of hydrogen-bond acceptors (Lipinski definition) is 2. The van der Waals surface area contributed by atoms with E-state index in [1.165, 1.54) is 5.56 Å². The van der Waals surface area contributed by atoms with Gasteiger partial charge >= 0.3 is 0 Å². The van der Waals surface area contributed by atoms with E-state index < -0.39 is 0 Å². The molecule has 0 atom stereocenters. The number of pyridine rings is 1. The Labute approximate surface area is 70.9 Å². The number of aromatic amines is 1. The summed E-state index contributed by atoms with van der Waals surface area (Å²) >= 11 is 9.16. The molecule has 1 aromatic rings. The standard InChI is InChI=1S/C7H9NS2/c1-4-3-6(9)8-7(10)5(4)2/h3H,1-2H3,(H2,8,9,10). The van der Waals surface area contributed by atoms with Gasteiger partial charge in [0, 0.05) is 0 Å². The number of aromatic nitrogens is 1. The second kappa shape index (κ2) is 2.76. The summed E-state index contributed by atoms with van der Waals surface area (Å²) in [5.41, 5.74) is 2.35. The fraction of sp³-hybridized carbons (Fsp3) is 0.286. The molecule has 0 radical (unpaired) electrons. The van der Waals surface area contributed by atoms with Gasteiger partial charge in [-0.1, -0.05) is 12.2 Å². The Morgan fingerprint density at radius 1 is 1.50 bits per heavy atom. The highest BCUT2D eigenvalue weighted by Crippen LogP contribution is 2.13. The second-order valence-electron chi connectivity index (χ2n) is 2.29. The van der Waals surface area contributed by atoms with Crippen LogP contribution in [0.2, 0.25) is 0 Å². The molecule has 3 heteroatoms. The fourth-order valence-corrected chi connectivity index (χ4v) is 1.39. The lowest BCUT2D eigenvalue weighted by molar-refractivity contribution is 1.05. The highest BCUT2D eigenvalue weighted by Gasteiger charge is 1.95. The molecule has 0 saturated heterocycles. The van der Waals surface area contributed by atoms with Crippen molar-refractivity contribution in [2.24, 2.45) is 0 Å². The first-order valence-electron chi connectivity index (χ1n) is 3.01. The average molecular weight is 171 g/mol. The molecule has 1 aromatic heterocycles. The second-order valence-corrected chi connectivity index (χ2v) is 3.18. The molecule has 0 aromatic carbocycles. The van der Waals surface area contributed by atoms with Crippen LogP contribution >= 0.6 is 24.8 Å². The maximum atomic E-state index is 4.94. The number of thiol groups is 1. The van der Waals surface area contributed by atoms with E-state index in [4.69, 9.17) is 12.2 Å². The van der Waals surface area contributed by atoms with Crippen LogP contribution in [0.15, 0.2) is 11.1 Å². The van der Waals surface area contributed by atoms with Crippen LogP contribution in [0.4, 0.5) is 0 Å². The Bertz CT molecular complexity index is 275. The molecule has 0 bridgehead atoms. The smallest absolute Gasteiger partial charge is 0.104 e. The van der Waals surface area contributed by atoms with Gasteiger partial charge in [0.25, 0.3) is 0 Å². The van der Waals surface area contributed by atoms with Crippen molar-refractivity contribution in [2.75, 3.05) is 0 Å². The third-order valence-corrected chi connectivity index (χ3v) is 2.20. The Morgan fingerprint density at radius 2 is 2.10 bits per heavy atom. The van der Waals surface area contributed by atoms with Crippen molar-refractivity contribution in [1.82, 2.24) is 4.98 Å². The molecule has 54 valence electrons. The van der Waals surface area contributed by atoms with Crippen LogP contribution in [-0.2, 0) is 0 Å². The molecule has 0 aliphatic carbocycles. The Hall–Kier alpha value is -0.280. The van der Waals surface area contributed by atoms with E-state index in [0.717, 1.165) is 15.2 Å². The molecule has 0 spiro atoms. The summed E-state index contributed by atoms with van der Waals surface area (Å²) < 4.78 is 0.744. The summed E-state index contributed by atoms with van der Waals surface area (Å²) in [4.78, 5) is 2.96. The number of hydrogen-bond donors (Lipinski definition) is 2. The Morgan fingerprint density at radius 3 is 2.60 bits per heavy atom. The molecule has 0 aliphatic heterocycles. The van der Waals surface area contributed by atoms with Gasteiger partial charge in [-0.3, -0.25) is 0 Å². The van der Waals surface area contributed by atoms with Crippen molar-refractivity contribution in [3.63, 3.8) is 0 Å². The van der Waals surface area contributed by atoms with E-state index >= 15 is 0 Å². The maximum Gasteiger partial charge on any atom is 0.104 e. The zero-order chi connectivity index (χ0) is 7.72. The van der Waals surface area contributed by atoms with Gasteiger partial charge in [0.1, 0.15) is 4.64 Å². The van der Waals surface area contributed by atoms with Gasteiger partial charge < -0.3 is 4.98 Å². The summed E-state index contributed by atoms with van der Waals surface area (Å²) in [7, 11) is 0. The zero-order valence-corrected chi connectivity index (χ0v) is 7.64. The average Bonchev–Trinajstić information content (AvgIpc) is 1.82. The third kappa shape index (κ3) is 1.41. The normalized spacial score (nSPS) is 9.90. The minimum atomic E-state index is 0.744. The quantitative estimate of drug-likeness (QED) is 0.453. The molecule has 1 rings (SSSR count). The van der Waals surface area contributed by atoms with Crippen molar-refractivity contribution in [3.05, 3.63) is 21.8 Å². The summed E-state index contributed by atoms with van der Waals surface area (Å²) in [6.45, 7) is 4.04. The minimum Gasteiger partial charge on any atom is -0.341 e. The van der Waals surface area contributed by atoms with Gasteiger partial charge in [0.15, 0.2) is 0 Å². The van der Waals surface area contributed by atoms with Gasteiger partial charge in [-0.15, -0.1) is 12.6 Å². The molecule has 0 fully saturated rings. The summed E-state index contributed by atoms with van der Waals surface area (Å²) in [6.07, 6.45) is 0. The zero-order valence-electron chi connectivity index (χ0n) is 5.93. The number of aryl methyl sites for hydroxylation is 1. The largest absolute Gasteiger partial charge is 0.341 e. The summed E-state index contributed by atoms with van der Waals surface area (Å²) in [5, 5.41) is 0.866. The van der Waals surface area contributed by atoms with E-state index in [1.807, 2.05) is 19.9 Å². The molecule has 0 saturated carbocycles. The van der Waals surface area contributed by atoms with Crippen molar-refractivity contribution < 1.29 is 0 Å². The molecular weight excluding hydrogens is 162 g/mol. The topological polar surface area (TPSA) is 15.8 Å². The summed E-state index contributed by atoms with van der Waals surface area (Å²) in [6, 6.07) is 1.93. The van der Waals surface area contributed by atoms with Crippen LogP contribution in [0.3, 0.4) is 0 Å².